The second-order valence-corrected chi connectivity index (χ2v) is 10.2. The molecule has 19 heteroatoms. The van der Waals surface area contributed by atoms with Gasteiger partial charge in [0.15, 0.2) is 0 Å². The number of aliphatic hydroxyl groups excluding tert-OH is 1. The zero-order chi connectivity index (χ0) is 22.2. The van der Waals surface area contributed by atoms with Crippen LogP contribution in [0, 0.1) is 5.92 Å². The van der Waals surface area contributed by atoms with Gasteiger partial charge in [0, 0.05) is 18.2 Å². The molecule has 1 aliphatic heterocycles. The molecule has 0 saturated carbocycles. The maximum atomic E-state index is 11.8. The Kier molecular flexibility index (Phi) is 7.23. The average Bonchev–Trinajstić information content (AvgIpc) is 2.78. The molecule has 2 heterocycles. The molecular formula is C10H17N2O14P3. The molecule has 0 amide bonds. The van der Waals surface area contributed by atoms with Crippen molar-refractivity contribution in [3.8, 4) is 0 Å². The molecule has 1 aromatic rings. The van der Waals surface area contributed by atoms with Crippen LogP contribution < -0.4 is 11.2 Å². The van der Waals surface area contributed by atoms with Crippen LogP contribution in [-0.2, 0) is 31.6 Å². The maximum Gasteiger partial charge on any atom is 0.490 e. The average molecular weight is 482 g/mol. The van der Waals surface area contributed by atoms with Gasteiger partial charge in [-0.05, 0) is 0 Å². The SMILES string of the molecule is C[C@@H]1[C@H](O)[C@@H](COP(=O)(O)OP(=O)(O)OP(=O)(O)O)O[C@H]1n1ccc(=O)[nH]c1=O. The van der Waals surface area contributed by atoms with E-state index in [1.807, 2.05) is 4.98 Å². The van der Waals surface area contributed by atoms with Gasteiger partial charge >= 0.3 is 29.2 Å². The van der Waals surface area contributed by atoms with E-state index in [0.717, 1.165) is 16.8 Å². The van der Waals surface area contributed by atoms with Crippen LogP contribution in [-0.4, -0.2) is 53.0 Å². The van der Waals surface area contributed by atoms with Gasteiger partial charge in [0.2, 0.25) is 0 Å². The Bertz CT molecular complexity index is 998. The highest BCUT2D eigenvalue weighted by atomic mass is 31.3. The van der Waals surface area contributed by atoms with Gasteiger partial charge in [-0.15, -0.1) is 0 Å². The number of hydrogen-bond donors (Lipinski definition) is 6. The number of phosphoric ester groups is 1. The van der Waals surface area contributed by atoms with Crippen molar-refractivity contribution in [3.63, 3.8) is 0 Å². The highest BCUT2D eigenvalue weighted by Gasteiger charge is 2.45. The summed E-state index contributed by atoms with van der Waals surface area (Å²) in [4.78, 5) is 60.4. The molecule has 0 aromatic carbocycles. The monoisotopic (exact) mass is 482 g/mol. The van der Waals surface area contributed by atoms with Crippen LogP contribution in [0.1, 0.15) is 13.2 Å². The minimum Gasteiger partial charge on any atom is -0.390 e. The van der Waals surface area contributed by atoms with Gasteiger partial charge in [0.25, 0.3) is 5.56 Å². The molecule has 1 aromatic heterocycles. The van der Waals surface area contributed by atoms with Gasteiger partial charge in [-0.1, -0.05) is 6.92 Å². The quantitative estimate of drug-likeness (QED) is 0.238. The lowest BCUT2D eigenvalue weighted by molar-refractivity contribution is -0.0468. The second-order valence-electron chi connectivity index (χ2n) is 5.82. The van der Waals surface area contributed by atoms with Crippen LogP contribution >= 0.6 is 23.5 Å². The zero-order valence-electron chi connectivity index (χ0n) is 14.4. The van der Waals surface area contributed by atoms with Crippen molar-refractivity contribution in [1.82, 2.24) is 9.55 Å². The third-order valence-electron chi connectivity index (χ3n) is 3.63. The van der Waals surface area contributed by atoms with Gasteiger partial charge in [0.05, 0.1) is 12.7 Å². The van der Waals surface area contributed by atoms with Crippen LogP contribution in [0.25, 0.3) is 0 Å². The van der Waals surface area contributed by atoms with Crippen molar-refractivity contribution in [3.05, 3.63) is 33.1 Å². The lowest BCUT2D eigenvalue weighted by Gasteiger charge is -2.19. The van der Waals surface area contributed by atoms with E-state index in [-0.39, 0.29) is 0 Å². The van der Waals surface area contributed by atoms with E-state index in [9.17, 15) is 33.3 Å². The van der Waals surface area contributed by atoms with E-state index >= 15 is 0 Å². The fraction of sp³-hybridized carbons (Fsp3) is 0.600. The first-order valence-corrected chi connectivity index (χ1v) is 12.1. The molecule has 2 rings (SSSR count). The van der Waals surface area contributed by atoms with E-state index in [0.29, 0.717) is 0 Å². The van der Waals surface area contributed by atoms with Crippen molar-refractivity contribution in [1.29, 1.82) is 0 Å². The van der Waals surface area contributed by atoms with Crippen LogP contribution in [0.2, 0.25) is 0 Å². The molecule has 2 unspecified atom stereocenters. The predicted molar refractivity (Wildman–Crippen MR) is 90.2 cm³/mol. The third-order valence-corrected chi connectivity index (χ3v) is 7.43. The molecule has 1 saturated heterocycles. The molecule has 1 fully saturated rings. The normalized spacial score (nSPS) is 29.3. The lowest BCUT2D eigenvalue weighted by Crippen LogP contribution is -2.33. The van der Waals surface area contributed by atoms with Crippen molar-refractivity contribution in [2.75, 3.05) is 6.61 Å². The topological polar surface area (TPSA) is 244 Å². The zero-order valence-corrected chi connectivity index (χ0v) is 17.1. The van der Waals surface area contributed by atoms with Crippen LogP contribution in [0.5, 0.6) is 0 Å². The molecule has 0 aliphatic carbocycles. The number of hydrogen-bond acceptors (Lipinski definition) is 10. The first-order chi connectivity index (χ1) is 13.1. The second kappa shape index (κ2) is 8.63. The van der Waals surface area contributed by atoms with Gasteiger partial charge in [0.1, 0.15) is 12.3 Å². The van der Waals surface area contributed by atoms with Crippen molar-refractivity contribution in [2.45, 2.75) is 25.4 Å². The number of H-pyrrole nitrogens is 1. The molecule has 0 bridgehead atoms. The fourth-order valence-electron chi connectivity index (χ4n) is 2.45. The fourth-order valence-corrected chi connectivity index (χ4v) is 5.48. The van der Waals surface area contributed by atoms with Gasteiger partial charge < -0.3 is 29.4 Å². The Morgan fingerprint density at radius 3 is 2.31 bits per heavy atom. The highest BCUT2D eigenvalue weighted by Crippen LogP contribution is 2.66. The largest absolute Gasteiger partial charge is 0.490 e. The molecule has 6 N–H and O–H groups in total. The number of phosphoric acid groups is 3. The van der Waals surface area contributed by atoms with Gasteiger partial charge in [-0.25, -0.2) is 18.5 Å². The Hall–Kier alpha value is -0.990. The van der Waals surface area contributed by atoms with E-state index in [2.05, 4.69) is 13.1 Å². The number of aliphatic hydroxyl groups is 1. The van der Waals surface area contributed by atoms with Gasteiger partial charge in [-0.2, -0.15) is 8.62 Å². The Balaban J connectivity index is 2.06. The minimum atomic E-state index is -5.68. The summed E-state index contributed by atoms with van der Waals surface area (Å²) >= 11 is 0. The molecule has 6 atom stereocenters. The smallest absolute Gasteiger partial charge is 0.390 e. The van der Waals surface area contributed by atoms with E-state index in [4.69, 9.17) is 19.4 Å². The number of nitrogens with one attached hydrogen (secondary N) is 1. The van der Waals surface area contributed by atoms with E-state index < -0.39 is 65.7 Å². The molecule has 1 aliphatic rings. The number of nitrogens with zero attached hydrogens (tertiary/aromatic N) is 1. The van der Waals surface area contributed by atoms with Crippen LogP contribution in [0.15, 0.2) is 21.9 Å². The highest BCUT2D eigenvalue weighted by molar-refractivity contribution is 7.66. The molecule has 16 nitrogen and oxygen atoms in total. The third kappa shape index (κ3) is 6.76. The molecular weight excluding hydrogens is 465 g/mol. The summed E-state index contributed by atoms with van der Waals surface area (Å²) in [6.45, 7) is 0.585. The van der Waals surface area contributed by atoms with Gasteiger partial charge in [-0.3, -0.25) is 18.9 Å². The van der Waals surface area contributed by atoms with Crippen LogP contribution in [0.4, 0.5) is 0 Å². The summed E-state index contributed by atoms with van der Waals surface area (Å²) in [5.41, 5.74) is -1.50. The predicted octanol–water partition coefficient (Wildman–Crippen LogP) is -1.23. The maximum absolute atomic E-state index is 11.8. The van der Waals surface area contributed by atoms with E-state index in [1.54, 1.807) is 0 Å². The van der Waals surface area contributed by atoms with Crippen molar-refractivity contribution < 1.29 is 56.3 Å². The first kappa shape index (κ1) is 24.3. The van der Waals surface area contributed by atoms with Crippen molar-refractivity contribution in [2.24, 2.45) is 5.92 Å². The summed E-state index contributed by atoms with van der Waals surface area (Å²) in [6, 6.07) is 1.03. The van der Waals surface area contributed by atoms with Crippen LogP contribution in [0.3, 0.4) is 0 Å². The van der Waals surface area contributed by atoms with Crippen molar-refractivity contribution >= 4 is 23.5 Å². The summed E-state index contributed by atoms with van der Waals surface area (Å²) in [5.74, 6) is -0.756. The molecule has 166 valence electrons. The summed E-state index contributed by atoms with van der Waals surface area (Å²) in [7, 11) is -16.6. The summed E-state index contributed by atoms with van der Waals surface area (Å²) < 4.78 is 51.4. The number of aromatic amines is 1. The molecule has 0 spiro atoms. The minimum absolute atomic E-state index is 0.665. The number of rotatable bonds is 8. The molecule has 0 radical (unpaired) electrons. The lowest BCUT2D eigenvalue weighted by atomic mass is 10.0. The summed E-state index contributed by atoms with van der Waals surface area (Å²) in [6.07, 6.45) is -2.64. The number of aromatic nitrogens is 2. The Morgan fingerprint density at radius 1 is 1.14 bits per heavy atom. The number of ether oxygens (including phenoxy) is 1. The van der Waals surface area contributed by atoms with E-state index in [1.165, 1.54) is 6.92 Å². The molecule has 29 heavy (non-hydrogen) atoms. The Morgan fingerprint density at radius 2 is 1.76 bits per heavy atom. The summed E-state index contributed by atoms with van der Waals surface area (Å²) in [5, 5.41) is 10.2. The first-order valence-electron chi connectivity index (χ1n) is 7.53. The Labute approximate surface area is 161 Å². The standard InChI is InChI=1S/C10H17N2O14P3/c1-5-8(14)6(24-9(5)12-3-2-7(13)11-10(12)15)4-23-28(19,20)26-29(21,22)25-27(16,17)18/h2-3,5-6,8-9,14H,4H2,1H3,(H,19,20)(H,21,22)(H,11,13,15)(H2,16,17,18)/t5-,6-,8+,9-/m1/s1.